The summed E-state index contributed by atoms with van der Waals surface area (Å²) in [6.07, 6.45) is 10.9. The normalized spacial score (nSPS) is 20.9. The van der Waals surface area contributed by atoms with Crippen LogP contribution in [0.1, 0.15) is 68.9 Å². The largest absolute Gasteiger partial charge is 0.494 e. The summed E-state index contributed by atoms with van der Waals surface area (Å²) in [4.78, 5) is 8.39. The van der Waals surface area contributed by atoms with Crippen LogP contribution in [-0.4, -0.2) is 47.8 Å². The molecule has 4 rings (SSSR count). The SMILES string of the molecule is C/C(=N\N=C(N)N)c1sc(-c2ccc(OCCCCCN3CCC4CCCCC4C3)cc2)nc1C. The number of fused-ring (bicyclic) bond motifs is 1. The summed E-state index contributed by atoms with van der Waals surface area (Å²) in [5.74, 6) is 2.86. The first-order valence-electron chi connectivity index (χ1n) is 13.1. The molecule has 35 heavy (non-hydrogen) atoms. The number of hydrogen-bond acceptors (Lipinski definition) is 6. The van der Waals surface area contributed by atoms with Gasteiger partial charge in [-0.05, 0) is 95.1 Å². The zero-order valence-corrected chi connectivity index (χ0v) is 22.0. The molecule has 190 valence electrons. The predicted molar refractivity (Wildman–Crippen MR) is 146 cm³/mol. The number of aryl methyl sites for hydroxylation is 1. The number of hydrogen-bond donors (Lipinski definition) is 2. The second kappa shape index (κ2) is 12.5. The minimum atomic E-state index is -0.0540. The molecule has 2 aromatic rings. The number of aromatic nitrogens is 1. The highest BCUT2D eigenvalue weighted by Crippen LogP contribution is 2.36. The average Bonchev–Trinajstić information content (AvgIpc) is 3.26. The lowest BCUT2D eigenvalue weighted by Gasteiger charge is -2.41. The molecule has 0 radical (unpaired) electrons. The molecule has 1 aliphatic carbocycles. The maximum absolute atomic E-state index is 5.99. The van der Waals surface area contributed by atoms with Crippen LogP contribution in [0.3, 0.4) is 0 Å². The molecule has 2 aliphatic rings. The van der Waals surface area contributed by atoms with Crippen LogP contribution in [0.2, 0.25) is 0 Å². The van der Waals surface area contributed by atoms with Gasteiger partial charge < -0.3 is 21.1 Å². The van der Waals surface area contributed by atoms with Crippen LogP contribution in [0, 0.1) is 18.8 Å². The second-order valence-corrected chi connectivity index (χ2v) is 11.0. The number of unbranched alkanes of at least 4 members (excludes halogenated alkanes) is 2. The Morgan fingerprint density at radius 2 is 1.83 bits per heavy atom. The lowest BCUT2D eigenvalue weighted by atomic mass is 9.75. The third-order valence-electron chi connectivity index (χ3n) is 7.30. The van der Waals surface area contributed by atoms with Gasteiger partial charge in [-0.3, -0.25) is 0 Å². The van der Waals surface area contributed by atoms with E-state index in [0.29, 0.717) is 0 Å². The highest BCUT2D eigenvalue weighted by atomic mass is 32.1. The minimum absolute atomic E-state index is 0.0540. The molecule has 4 N–H and O–H groups in total. The van der Waals surface area contributed by atoms with Gasteiger partial charge in [0.1, 0.15) is 10.8 Å². The van der Waals surface area contributed by atoms with E-state index in [4.69, 9.17) is 21.2 Å². The molecule has 1 saturated carbocycles. The van der Waals surface area contributed by atoms with Crippen LogP contribution in [0.25, 0.3) is 10.6 Å². The van der Waals surface area contributed by atoms with Crippen molar-refractivity contribution in [2.24, 2.45) is 33.5 Å². The predicted octanol–water partition coefficient (Wildman–Crippen LogP) is 5.18. The molecule has 0 bridgehead atoms. The number of piperidine rings is 1. The molecule has 2 unspecified atom stereocenters. The van der Waals surface area contributed by atoms with Gasteiger partial charge in [0.15, 0.2) is 0 Å². The summed E-state index contributed by atoms with van der Waals surface area (Å²) in [5.41, 5.74) is 13.5. The second-order valence-electron chi connectivity index (χ2n) is 9.97. The van der Waals surface area contributed by atoms with Gasteiger partial charge in [0.2, 0.25) is 5.96 Å². The fraction of sp³-hybridized carbons (Fsp3) is 0.593. The first-order valence-corrected chi connectivity index (χ1v) is 13.9. The first kappa shape index (κ1) is 25.6. The summed E-state index contributed by atoms with van der Waals surface area (Å²) in [6, 6.07) is 8.18. The summed E-state index contributed by atoms with van der Waals surface area (Å²) in [6.45, 7) is 8.53. The zero-order chi connectivity index (χ0) is 24.6. The Hall–Kier alpha value is -2.45. The van der Waals surface area contributed by atoms with Gasteiger partial charge >= 0.3 is 0 Å². The van der Waals surface area contributed by atoms with Crippen molar-refractivity contribution in [2.45, 2.75) is 65.2 Å². The van der Waals surface area contributed by atoms with E-state index < -0.39 is 0 Å². The van der Waals surface area contributed by atoms with Gasteiger partial charge in [-0.1, -0.05) is 19.3 Å². The number of benzene rings is 1. The average molecular weight is 497 g/mol. The van der Waals surface area contributed by atoms with E-state index in [0.717, 1.165) is 57.5 Å². The molecular weight excluding hydrogens is 456 g/mol. The van der Waals surface area contributed by atoms with Crippen molar-refractivity contribution < 1.29 is 4.74 Å². The van der Waals surface area contributed by atoms with Crippen LogP contribution < -0.4 is 16.2 Å². The molecule has 1 aromatic carbocycles. The highest BCUT2D eigenvalue weighted by Gasteiger charge is 2.30. The Morgan fingerprint density at radius 3 is 2.60 bits per heavy atom. The quantitative estimate of drug-likeness (QED) is 0.204. The summed E-state index contributed by atoms with van der Waals surface area (Å²) >= 11 is 1.59. The van der Waals surface area contributed by atoms with Crippen molar-refractivity contribution in [3.8, 4) is 16.3 Å². The fourth-order valence-electron chi connectivity index (χ4n) is 5.41. The molecule has 2 fully saturated rings. The molecular formula is C27H40N6OS. The number of nitrogens with zero attached hydrogens (tertiary/aromatic N) is 4. The Morgan fingerprint density at radius 1 is 1.06 bits per heavy atom. The maximum atomic E-state index is 5.99. The number of ether oxygens (including phenoxy) is 1. The van der Waals surface area contributed by atoms with Crippen LogP contribution in [-0.2, 0) is 0 Å². The van der Waals surface area contributed by atoms with Crippen molar-refractivity contribution in [1.29, 1.82) is 0 Å². The first-order chi connectivity index (χ1) is 17.0. The van der Waals surface area contributed by atoms with Gasteiger partial charge in [-0.2, -0.15) is 5.10 Å². The fourth-order valence-corrected chi connectivity index (χ4v) is 6.42. The summed E-state index contributed by atoms with van der Waals surface area (Å²) in [7, 11) is 0. The van der Waals surface area contributed by atoms with E-state index in [1.807, 2.05) is 26.0 Å². The molecule has 8 heteroatoms. The summed E-state index contributed by atoms with van der Waals surface area (Å²) < 4.78 is 5.99. The van der Waals surface area contributed by atoms with E-state index >= 15 is 0 Å². The van der Waals surface area contributed by atoms with Crippen LogP contribution in [0.15, 0.2) is 34.5 Å². The third kappa shape index (κ3) is 7.27. The smallest absolute Gasteiger partial charge is 0.211 e. The van der Waals surface area contributed by atoms with Gasteiger partial charge in [-0.15, -0.1) is 16.4 Å². The molecule has 0 spiro atoms. The Bertz CT molecular complexity index is 1010. The van der Waals surface area contributed by atoms with Crippen molar-refractivity contribution in [1.82, 2.24) is 9.88 Å². The third-order valence-corrected chi connectivity index (χ3v) is 8.62. The zero-order valence-electron chi connectivity index (χ0n) is 21.2. The number of thiazole rings is 1. The molecule has 1 aliphatic heterocycles. The standard InChI is InChI=1S/C27H40N6OS/c1-19-25(20(2)31-32-27(28)29)35-26(30-19)22-10-12-24(13-11-22)34-17-7-3-6-15-33-16-14-21-8-4-5-9-23(21)18-33/h10-13,21,23H,3-9,14-18H2,1-2H3,(H4,28,29,32)/b31-20+. The van der Waals surface area contributed by atoms with Crippen LogP contribution in [0.4, 0.5) is 0 Å². The topological polar surface area (TPSA) is 102 Å². The van der Waals surface area contributed by atoms with Crippen LogP contribution in [0.5, 0.6) is 5.75 Å². The van der Waals surface area contributed by atoms with Gasteiger partial charge in [0, 0.05) is 12.1 Å². The van der Waals surface area contributed by atoms with Gasteiger partial charge in [-0.25, -0.2) is 4.98 Å². The molecule has 2 atom stereocenters. The number of guanidine groups is 1. The van der Waals surface area contributed by atoms with E-state index in [1.54, 1.807) is 11.3 Å². The van der Waals surface area contributed by atoms with Gasteiger partial charge in [0.05, 0.1) is 22.9 Å². The molecule has 1 saturated heterocycles. The summed E-state index contributed by atoms with van der Waals surface area (Å²) in [5, 5.41) is 8.76. The van der Waals surface area contributed by atoms with Crippen LogP contribution >= 0.6 is 11.3 Å². The van der Waals surface area contributed by atoms with Crippen molar-refractivity contribution in [3.63, 3.8) is 0 Å². The van der Waals surface area contributed by atoms with Crippen molar-refractivity contribution >= 4 is 23.0 Å². The number of rotatable bonds is 10. The molecule has 0 amide bonds. The monoisotopic (exact) mass is 496 g/mol. The van der Waals surface area contributed by atoms with Gasteiger partial charge in [0.25, 0.3) is 0 Å². The lowest BCUT2D eigenvalue weighted by Crippen LogP contribution is -2.42. The lowest BCUT2D eigenvalue weighted by molar-refractivity contribution is 0.0854. The molecule has 7 nitrogen and oxygen atoms in total. The highest BCUT2D eigenvalue weighted by molar-refractivity contribution is 7.17. The van der Waals surface area contributed by atoms with E-state index in [9.17, 15) is 0 Å². The van der Waals surface area contributed by atoms with Crippen molar-refractivity contribution in [3.05, 3.63) is 34.8 Å². The Kier molecular flexibility index (Phi) is 9.15. The van der Waals surface area contributed by atoms with E-state index in [2.05, 4.69) is 27.2 Å². The van der Waals surface area contributed by atoms with E-state index in [-0.39, 0.29) is 5.96 Å². The number of nitrogens with two attached hydrogens (primary N) is 2. The maximum Gasteiger partial charge on any atom is 0.211 e. The Labute approximate surface area is 213 Å². The minimum Gasteiger partial charge on any atom is -0.494 e. The van der Waals surface area contributed by atoms with Crippen molar-refractivity contribution in [2.75, 3.05) is 26.2 Å². The Balaban J connectivity index is 1.17. The molecule has 2 heterocycles. The van der Waals surface area contributed by atoms with E-state index in [1.165, 1.54) is 64.6 Å². The molecule has 1 aromatic heterocycles. The number of likely N-dealkylation sites (tertiary alicyclic amines) is 1.